The van der Waals surface area contributed by atoms with Crippen molar-refractivity contribution in [2.24, 2.45) is 0 Å². The van der Waals surface area contributed by atoms with Crippen molar-refractivity contribution in [3.8, 4) is 16.9 Å². The zero-order valence-corrected chi connectivity index (χ0v) is 19.4. The van der Waals surface area contributed by atoms with Crippen molar-refractivity contribution in [2.45, 2.75) is 83.4 Å². The second kappa shape index (κ2) is 12.1. The van der Waals surface area contributed by atoms with Crippen LogP contribution in [0.2, 0.25) is 0 Å². The smallest absolute Gasteiger partial charge is 0.340 e. The Labute approximate surface area is 194 Å². The van der Waals surface area contributed by atoms with Gasteiger partial charge in [0.15, 0.2) is 17.7 Å². The van der Waals surface area contributed by atoms with E-state index >= 15 is 0 Å². The van der Waals surface area contributed by atoms with Gasteiger partial charge in [-0.25, -0.2) is 13.6 Å². The van der Waals surface area contributed by atoms with Gasteiger partial charge in [-0.05, 0) is 67.7 Å². The maximum absolute atomic E-state index is 14.6. The fraction of sp³-hybridized carbons (Fsp3) is 0.519. The Kier molecular flexibility index (Phi) is 9.21. The minimum Gasteiger partial charge on any atom is -0.490 e. The van der Waals surface area contributed by atoms with Crippen molar-refractivity contribution in [1.29, 1.82) is 0 Å². The van der Waals surface area contributed by atoms with Crippen LogP contribution in [0.25, 0.3) is 11.1 Å². The van der Waals surface area contributed by atoms with Crippen LogP contribution in [0, 0.1) is 11.6 Å². The molecule has 0 aromatic heterocycles. The molecule has 0 amide bonds. The number of carbonyl (C=O) groups is 1. The van der Waals surface area contributed by atoms with E-state index in [0.717, 1.165) is 24.8 Å². The lowest BCUT2D eigenvalue weighted by Gasteiger charge is -2.29. The van der Waals surface area contributed by atoms with E-state index in [1.165, 1.54) is 12.1 Å². The summed E-state index contributed by atoms with van der Waals surface area (Å²) in [5, 5.41) is 0. The van der Waals surface area contributed by atoms with Crippen molar-refractivity contribution in [2.75, 3.05) is 6.61 Å². The Hall–Kier alpha value is -2.50. The second-order valence-electron chi connectivity index (χ2n) is 8.73. The molecule has 1 aliphatic rings. The number of benzene rings is 2. The average Bonchev–Trinajstić information content (AvgIpc) is 2.84. The van der Waals surface area contributed by atoms with E-state index in [1.807, 2.05) is 26.0 Å². The fourth-order valence-electron chi connectivity index (χ4n) is 4.27. The van der Waals surface area contributed by atoms with E-state index in [0.29, 0.717) is 43.8 Å². The number of alkyl halides is 1. The van der Waals surface area contributed by atoms with Crippen molar-refractivity contribution in [3.05, 3.63) is 53.6 Å². The minimum absolute atomic E-state index is 0.0726. The molecule has 1 fully saturated rings. The highest BCUT2D eigenvalue weighted by Gasteiger charge is 2.28. The molecule has 1 saturated carbocycles. The van der Waals surface area contributed by atoms with Crippen molar-refractivity contribution in [3.63, 3.8) is 0 Å². The molecule has 6 heteroatoms. The van der Waals surface area contributed by atoms with Gasteiger partial charge < -0.3 is 9.47 Å². The van der Waals surface area contributed by atoms with Crippen LogP contribution in [-0.4, -0.2) is 24.9 Å². The third-order valence-corrected chi connectivity index (χ3v) is 6.23. The highest BCUT2D eigenvalue weighted by Crippen LogP contribution is 2.36. The number of ether oxygens (including phenoxy) is 2. The van der Waals surface area contributed by atoms with Gasteiger partial charge in [-0.2, -0.15) is 4.39 Å². The van der Waals surface area contributed by atoms with Gasteiger partial charge in [0.25, 0.3) is 0 Å². The van der Waals surface area contributed by atoms with Gasteiger partial charge in [-0.1, -0.05) is 51.0 Å². The Balaban J connectivity index is 1.57. The van der Waals surface area contributed by atoms with Gasteiger partial charge in [-0.15, -0.1) is 0 Å². The average molecular weight is 463 g/mol. The Morgan fingerprint density at radius 2 is 1.67 bits per heavy atom. The van der Waals surface area contributed by atoms with Crippen LogP contribution < -0.4 is 4.74 Å². The highest BCUT2D eigenvalue weighted by atomic mass is 19.2. The van der Waals surface area contributed by atoms with Crippen LogP contribution in [0.15, 0.2) is 36.4 Å². The molecule has 1 aliphatic carbocycles. The van der Waals surface area contributed by atoms with Gasteiger partial charge in [-0.3, -0.25) is 0 Å². The molecule has 2 aromatic carbocycles. The molecule has 0 unspecified atom stereocenters. The van der Waals surface area contributed by atoms with Gasteiger partial charge in [0, 0.05) is 5.56 Å². The number of carbonyl (C=O) groups excluding carboxylic acids is 1. The quantitative estimate of drug-likeness (QED) is 0.343. The molecule has 2 aromatic rings. The van der Waals surface area contributed by atoms with Crippen LogP contribution in [-0.2, 0) is 9.53 Å². The summed E-state index contributed by atoms with van der Waals surface area (Å²) in [6, 6.07) is 10.5. The summed E-state index contributed by atoms with van der Waals surface area (Å²) >= 11 is 0. The summed E-state index contributed by atoms with van der Waals surface area (Å²) in [6.45, 7) is 4.19. The molecule has 0 radical (unpaired) electrons. The van der Waals surface area contributed by atoms with E-state index in [1.54, 1.807) is 12.1 Å². The number of hydrogen-bond acceptors (Lipinski definition) is 3. The van der Waals surface area contributed by atoms with Gasteiger partial charge in [0.1, 0.15) is 6.10 Å². The molecule has 3 rings (SSSR count). The molecule has 0 heterocycles. The molecule has 0 bridgehead atoms. The number of unbranched alkanes of at least 4 members (excludes halogenated alkanes) is 1. The topological polar surface area (TPSA) is 35.5 Å². The summed E-state index contributed by atoms with van der Waals surface area (Å²) in [4.78, 5) is 11.9. The third-order valence-electron chi connectivity index (χ3n) is 6.23. The minimum atomic E-state index is -1.53. The number of hydrogen-bond donors (Lipinski definition) is 0. The highest BCUT2D eigenvalue weighted by molar-refractivity contribution is 5.74. The van der Waals surface area contributed by atoms with Crippen LogP contribution >= 0.6 is 0 Å². The Bertz CT molecular complexity index is 906. The Morgan fingerprint density at radius 1 is 0.970 bits per heavy atom. The largest absolute Gasteiger partial charge is 0.490 e. The van der Waals surface area contributed by atoms with Crippen molar-refractivity contribution < 1.29 is 27.4 Å². The molecule has 33 heavy (non-hydrogen) atoms. The summed E-state index contributed by atoms with van der Waals surface area (Å²) in [6.07, 6.45) is 3.72. The molecule has 3 nitrogen and oxygen atoms in total. The monoisotopic (exact) mass is 462 g/mol. The van der Waals surface area contributed by atoms with Crippen LogP contribution in [0.1, 0.15) is 76.7 Å². The van der Waals surface area contributed by atoms with E-state index in [-0.39, 0.29) is 23.8 Å². The summed E-state index contributed by atoms with van der Waals surface area (Å²) < 4.78 is 53.4. The first-order valence-electron chi connectivity index (χ1n) is 12.0. The molecule has 1 atom stereocenters. The van der Waals surface area contributed by atoms with Crippen molar-refractivity contribution >= 4 is 5.97 Å². The summed E-state index contributed by atoms with van der Waals surface area (Å²) in [7, 11) is 0. The normalized spacial score (nSPS) is 19.2. The van der Waals surface area contributed by atoms with Crippen LogP contribution in [0.5, 0.6) is 5.75 Å². The van der Waals surface area contributed by atoms with Crippen molar-refractivity contribution in [1.82, 2.24) is 0 Å². The van der Waals surface area contributed by atoms with Gasteiger partial charge >= 0.3 is 5.97 Å². The molecule has 180 valence electrons. The molecule has 0 N–H and O–H groups in total. The van der Waals surface area contributed by atoms with Gasteiger partial charge in [0.2, 0.25) is 5.82 Å². The number of rotatable bonds is 10. The zero-order chi connectivity index (χ0) is 23.8. The predicted molar refractivity (Wildman–Crippen MR) is 123 cm³/mol. The molecule has 0 aliphatic heterocycles. The van der Waals surface area contributed by atoms with Crippen LogP contribution in [0.3, 0.4) is 0 Å². The number of halogens is 3. The van der Waals surface area contributed by atoms with Gasteiger partial charge in [0.05, 0.1) is 6.61 Å². The lowest BCUT2D eigenvalue weighted by molar-refractivity contribution is -0.157. The maximum atomic E-state index is 14.6. The SMILES string of the molecule is CCCC[C@H](F)C(=O)OC1CCC(c2ccc(-c3ccc(OCCC)c(F)c3F)cc2)CC1. The lowest BCUT2D eigenvalue weighted by atomic mass is 9.82. The summed E-state index contributed by atoms with van der Waals surface area (Å²) in [5.41, 5.74) is 1.90. The number of esters is 1. The first-order chi connectivity index (χ1) is 15.9. The third kappa shape index (κ3) is 6.52. The molecular formula is C27H33F3O3. The second-order valence-corrected chi connectivity index (χ2v) is 8.73. The van der Waals surface area contributed by atoms with E-state index in [4.69, 9.17) is 9.47 Å². The predicted octanol–water partition coefficient (Wildman–Crippen LogP) is 7.52. The first-order valence-corrected chi connectivity index (χ1v) is 12.0. The van der Waals surface area contributed by atoms with Crippen LogP contribution in [0.4, 0.5) is 13.2 Å². The summed E-state index contributed by atoms with van der Waals surface area (Å²) in [5.74, 6) is -2.40. The Morgan fingerprint density at radius 3 is 2.30 bits per heavy atom. The fourth-order valence-corrected chi connectivity index (χ4v) is 4.27. The maximum Gasteiger partial charge on any atom is 0.340 e. The lowest BCUT2D eigenvalue weighted by Crippen LogP contribution is -2.28. The zero-order valence-electron chi connectivity index (χ0n) is 19.4. The standard InChI is InChI=1S/C27H33F3O3/c1-3-5-6-23(28)27(31)33-21-13-11-19(12-14-21)18-7-9-20(10-8-18)22-15-16-24(32-17-4-2)26(30)25(22)29/h7-10,15-16,19,21,23H,3-6,11-14,17H2,1-2H3/t19?,21?,23-/m0/s1. The molecule has 0 spiro atoms. The van der Waals surface area contributed by atoms with E-state index in [2.05, 4.69) is 0 Å². The molecule has 0 saturated heterocycles. The molecular weight excluding hydrogens is 429 g/mol. The van der Waals surface area contributed by atoms with E-state index in [9.17, 15) is 18.0 Å². The van der Waals surface area contributed by atoms with E-state index < -0.39 is 23.8 Å². The first kappa shape index (κ1) is 25.1.